The highest BCUT2D eigenvalue weighted by atomic mass is 32.2. The quantitative estimate of drug-likeness (QED) is 0.876. The van der Waals surface area contributed by atoms with Gasteiger partial charge in [0, 0.05) is 25.6 Å². The van der Waals surface area contributed by atoms with E-state index in [9.17, 15) is 13.2 Å². The van der Waals surface area contributed by atoms with Gasteiger partial charge in [0.1, 0.15) is 5.76 Å². The SMILES string of the molecule is Cc1ccc(C(=O)N2C[C@@H]3CCCO[C@@H]3[C@H](NS(C)(=O)=O)C2)o1. The number of aryl methyl sites for hydroxylation is 1. The van der Waals surface area contributed by atoms with Gasteiger partial charge >= 0.3 is 0 Å². The standard InChI is InChI=1S/C15H22N2O5S/c1-10-5-6-13(22-10)15(18)17-8-11-4-3-7-21-14(11)12(9-17)16-23(2,19)20/h5-6,11-12,14,16H,3-4,7-9H2,1-2H3/t11-,12+,14-/m0/s1. The fraction of sp³-hybridized carbons (Fsp3) is 0.667. The van der Waals surface area contributed by atoms with Crippen LogP contribution in [0.1, 0.15) is 29.2 Å². The second kappa shape index (κ2) is 6.26. The number of likely N-dealkylation sites (tertiary alicyclic amines) is 1. The number of amides is 1. The maximum atomic E-state index is 12.6. The Morgan fingerprint density at radius 3 is 2.78 bits per heavy atom. The molecular weight excluding hydrogens is 320 g/mol. The maximum Gasteiger partial charge on any atom is 0.289 e. The van der Waals surface area contributed by atoms with Crippen LogP contribution in [0.4, 0.5) is 0 Å². The lowest BCUT2D eigenvalue weighted by molar-refractivity contribution is -0.0752. The largest absolute Gasteiger partial charge is 0.456 e. The molecule has 2 fully saturated rings. The number of furan rings is 1. The van der Waals surface area contributed by atoms with Gasteiger partial charge in [-0.25, -0.2) is 13.1 Å². The molecule has 0 bridgehead atoms. The molecule has 0 aromatic carbocycles. The van der Waals surface area contributed by atoms with Crippen LogP contribution in [0.15, 0.2) is 16.5 Å². The summed E-state index contributed by atoms with van der Waals surface area (Å²) in [7, 11) is -3.38. The first-order chi connectivity index (χ1) is 10.8. The molecule has 3 atom stereocenters. The number of nitrogens with one attached hydrogen (secondary N) is 1. The number of carbonyl (C=O) groups excluding carboxylic acids is 1. The van der Waals surface area contributed by atoms with Crippen LogP contribution >= 0.6 is 0 Å². The Labute approximate surface area is 136 Å². The smallest absolute Gasteiger partial charge is 0.289 e. The number of ether oxygens (including phenoxy) is 1. The Bertz CT molecular complexity index is 684. The molecule has 7 nitrogen and oxygen atoms in total. The van der Waals surface area contributed by atoms with Gasteiger partial charge in [0.25, 0.3) is 5.91 Å². The summed E-state index contributed by atoms with van der Waals surface area (Å²) in [6.45, 7) is 3.26. The molecule has 128 valence electrons. The number of sulfonamides is 1. The van der Waals surface area contributed by atoms with Crippen LogP contribution in [0.3, 0.4) is 0 Å². The molecule has 0 spiro atoms. The van der Waals surface area contributed by atoms with Crippen molar-refractivity contribution in [2.75, 3.05) is 26.0 Å². The van der Waals surface area contributed by atoms with Crippen LogP contribution in [0.2, 0.25) is 0 Å². The minimum atomic E-state index is -3.38. The highest BCUT2D eigenvalue weighted by Gasteiger charge is 2.42. The second-order valence-electron chi connectivity index (χ2n) is 6.35. The van der Waals surface area contributed by atoms with Crippen molar-refractivity contribution in [3.8, 4) is 0 Å². The first kappa shape index (κ1) is 16.5. The van der Waals surface area contributed by atoms with Crippen molar-refractivity contribution >= 4 is 15.9 Å². The van der Waals surface area contributed by atoms with Crippen LogP contribution in [-0.2, 0) is 14.8 Å². The molecule has 0 radical (unpaired) electrons. The predicted octanol–water partition coefficient (Wildman–Crippen LogP) is 0.757. The number of rotatable bonds is 3. The molecule has 1 aromatic heterocycles. The van der Waals surface area contributed by atoms with Gasteiger partial charge in [0.15, 0.2) is 5.76 Å². The third-order valence-corrected chi connectivity index (χ3v) is 5.10. The van der Waals surface area contributed by atoms with E-state index in [1.54, 1.807) is 24.0 Å². The van der Waals surface area contributed by atoms with Crippen LogP contribution in [0, 0.1) is 12.8 Å². The monoisotopic (exact) mass is 342 g/mol. The van der Waals surface area contributed by atoms with Crippen molar-refractivity contribution in [1.82, 2.24) is 9.62 Å². The summed E-state index contributed by atoms with van der Waals surface area (Å²) in [5, 5.41) is 0. The minimum Gasteiger partial charge on any atom is -0.456 e. The van der Waals surface area contributed by atoms with E-state index in [1.165, 1.54) is 0 Å². The van der Waals surface area contributed by atoms with Gasteiger partial charge in [0.2, 0.25) is 10.0 Å². The molecule has 0 aliphatic carbocycles. The van der Waals surface area contributed by atoms with Gasteiger partial charge in [0.05, 0.1) is 18.4 Å². The van der Waals surface area contributed by atoms with Gasteiger partial charge in [-0.05, 0) is 31.9 Å². The van der Waals surface area contributed by atoms with Crippen LogP contribution in [-0.4, -0.2) is 57.3 Å². The molecule has 0 saturated carbocycles. The van der Waals surface area contributed by atoms with E-state index >= 15 is 0 Å². The molecular formula is C15H22N2O5S. The molecule has 1 amide bonds. The average Bonchev–Trinajstić information content (AvgIpc) is 2.91. The number of nitrogens with zero attached hydrogens (tertiary/aromatic N) is 1. The van der Waals surface area contributed by atoms with Crippen LogP contribution < -0.4 is 4.72 Å². The van der Waals surface area contributed by atoms with Gasteiger partial charge in [-0.3, -0.25) is 4.79 Å². The minimum absolute atomic E-state index is 0.136. The van der Waals surface area contributed by atoms with Crippen molar-refractivity contribution in [3.63, 3.8) is 0 Å². The van der Waals surface area contributed by atoms with E-state index in [0.29, 0.717) is 18.9 Å². The number of piperidine rings is 1. The number of hydrogen-bond acceptors (Lipinski definition) is 5. The normalized spacial score (nSPS) is 28.4. The second-order valence-corrected chi connectivity index (χ2v) is 8.13. The van der Waals surface area contributed by atoms with Crippen molar-refractivity contribution < 1.29 is 22.4 Å². The Kier molecular flexibility index (Phi) is 4.48. The lowest BCUT2D eigenvalue weighted by Gasteiger charge is -2.45. The molecule has 0 unspecified atom stereocenters. The lowest BCUT2D eigenvalue weighted by atomic mass is 9.85. The summed E-state index contributed by atoms with van der Waals surface area (Å²) in [4.78, 5) is 14.3. The molecule has 3 heterocycles. The Morgan fingerprint density at radius 1 is 1.35 bits per heavy atom. The van der Waals surface area contributed by atoms with Crippen molar-refractivity contribution in [2.45, 2.75) is 31.9 Å². The van der Waals surface area contributed by atoms with Crippen molar-refractivity contribution in [1.29, 1.82) is 0 Å². The molecule has 1 aromatic rings. The van der Waals surface area contributed by atoms with Crippen LogP contribution in [0.5, 0.6) is 0 Å². The zero-order valence-electron chi connectivity index (χ0n) is 13.3. The average molecular weight is 342 g/mol. The molecule has 2 aliphatic heterocycles. The molecule has 23 heavy (non-hydrogen) atoms. The van der Waals surface area contributed by atoms with E-state index in [4.69, 9.17) is 9.15 Å². The van der Waals surface area contributed by atoms with E-state index in [0.717, 1.165) is 19.1 Å². The highest BCUT2D eigenvalue weighted by Crippen LogP contribution is 2.30. The Hall–Kier alpha value is -1.38. The first-order valence-corrected chi connectivity index (χ1v) is 9.67. The van der Waals surface area contributed by atoms with Gasteiger partial charge < -0.3 is 14.1 Å². The number of fused-ring (bicyclic) bond motifs is 1. The summed E-state index contributed by atoms with van der Waals surface area (Å²) in [6, 6.07) is 2.97. The van der Waals surface area contributed by atoms with E-state index < -0.39 is 16.1 Å². The van der Waals surface area contributed by atoms with Crippen LogP contribution in [0.25, 0.3) is 0 Å². The van der Waals surface area contributed by atoms with E-state index in [1.807, 2.05) is 0 Å². The van der Waals surface area contributed by atoms with Gasteiger partial charge in [-0.2, -0.15) is 0 Å². The maximum absolute atomic E-state index is 12.6. The number of hydrogen-bond donors (Lipinski definition) is 1. The van der Waals surface area contributed by atoms with E-state index in [-0.39, 0.29) is 30.2 Å². The zero-order chi connectivity index (χ0) is 16.6. The van der Waals surface area contributed by atoms with Gasteiger partial charge in [-0.1, -0.05) is 0 Å². The summed E-state index contributed by atoms with van der Waals surface area (Å²) in [5.41, 5.74) is 0. The molecule has 2 aliphatic rings. The third kappa shape index (κ3) is 3.76. The zero-order valence-corrected chi connectivity index (χ0v) is 14.1. The molecule has 1 N–H and O–H groups in total. The molecule has 2 saturated heterocycles. The molecule has 3 rings (SSSR count). The third-order valence-electron chi connectivity index (χ3n) is 4.37. The Balaban J connectivity index is 1.80. The van der Waals surface area contributed by atoms with E-state index in [2.05, 4.69) is 4.72 Å². The summed E-state index contributed by atoms with van der Waals surface area (Å²) in [5.74, 6) is 0.894. The summed E-state index contributed by atoms with van der Waals surface area (Å²) in [6.07, 6.45) is 2.80. The topological polar surface area (TPSA) is 88.9 Å². The lowest BCUT2D eigenvalue weighted by Crippen LogP contribution is -2.61. The Morgan fingerprint density at radius 2 is 2.13 bits per heavy atom. The first-order valence-electron chi connectivity index (χ1n) is 7.78. The van der Waals surface area contributed by atoms with Crippen molar-refractivity contribution in [3.05, 3.63) is 23.7 Å². The predicted molar refractivity (Wildman–Crippen MR) is 83.6 cm³/mol. The fourth-order valence-corrected chi connectivity index (χ4v) is 4.21. The molecule has 8 heteroatoms. The van der Waals surface area contributed by atoms with Gasteiger partial charge in [-0.15, -0.1) is 0 Å². The number of carbonyl (C=O) groups is 1. The van der Waals surface area contributed by atoms with Crippen molar-refractivity contribution in [2.24, 2.45) is 5.92 Å². The summed E-state index contributed by atoms with van der Waals surface area (Å²) < 4.78 is 37.1. The summed E-state index contributed by atoms with van der Waals surface area (Å²) >= 11 is 0. The highest BCUT2D eigenvalue weighted by molar-refractivity contribution is 7.88. The fourth-order valence-electron chi connectivity index (χ4n) is 3.45.